The summed E-state index contributed by atoms with van der Waals surface area (Å²) in [5.41, 5.74) is 1.98. The number of benzene rings is 2. The Kier molecular flexibility index (Phi) is 4.61. The molecule has 0 fully saturated rings. The smallest absolute Gasteiger partial charge is 0.141 e. The molecule has 0 bridgehead atoms. The van der Waals surface area contributed by atoms with Crippen LogP contribution in [0.25, 0.3) is 0 Å². The van der Waals surface area contributed by atoms with Gasteiger partial charge in [-0.2, -0.15) is 0 Å². The Bertz CT molecular complexity index is 566. The number of hydrogen-bond donors (Lipinski definition) is 1. The van der Waals surface area contributed by atoms with Gasteiger partial charge in [-0.25, -0.2) is 0 Å². The molecule has 19 heavy (non-hydrogen) atoms. The highest BCUT2D eigenvalue weighted by molar-refractivity contribution is 9.10. The number of aliphatic hydroxyl groups excluding tert-OH is 1. The lowest BCUT2D eigenvalue weighted by Crippen LogP contribution is -1.98. The number of ether oxygens (including phenoxy) is 1. The van der Waals surface area contributed by atoms with E-state index in [0.717, 1.165) is 15.8 Å². The number of para-hydroxylation sites is 1. The van der Waals surface area contributed by atoms with Crippen LogP contribution in [-0.4, -0.2) is 5.11 Å². The predicted molar refractivity (Wildman–Crippen MR) is 80.6 cm³/mol. The Labute approximate surface area is 122 Å². The third-order valence-corrected chi connectivity index (χ3v) is 3.59. The van der Waals surface area contributed by atoms with Crippen LogP contribution in [0.4, 0.5) is 0 Å². The fourth-order valence-corrected chi connectivity index (χ4v) is 2.45. The van der Waals surface area contributed by atoms with Gasteiger partial charge in [0.25, 0.3) is 0 Å². The number of halogens is 1. The van der Waals surface area contributed by atoms with E-state index in [2.05, 4.69) is 15.9 Å². The molecule has 0 saturated carbocycles. The molecule has 1 atom stereocenters. The molecule has 0 saturated heterocycles. The molecule has 0 amide bonds. The second kappa shape index (κ2) is 6.22. The van der Waals surface area contributed by atoms with E-state index >= 15 is 0 Å². The summed E-state index contributed by atoms with van der Waals surface area (Å²) < 4.78 is 6.82. The molecule has 0 aromatic heterocycles. The van der Waals surface area contributed by atoms with Gasteiger partial charge in [0.15, 0.2) is 0 Å². The van der Waals surface area contributed by atoms with Gasteiger partial charge in [-0.15, -0.1) is 0 Å². The first-order valence-electron chi connectivity index (χ1n) is 6.32. The first kappa shape index (κ1) is 14.1. The number of aryl methyl sites for hydroxylation is 1. The van der Waals surface area contributed by atoms with E-state index in [0.29, 0.717) is 12.2 Å². The number of aliphatic hydroxyl groups is 1. The van der Waals surface area contributed by atoms with Crippen molar-refractivity contribution in [1.82, 2.24) is 0 Å². The molecule has 2 aromatic rings. The van der Waals surface area contributed by atoms with Crippen LogP contribution in [0.3, 0.4) is 0 Å². The van der Waals surface area contributed by atoms with Crippen LogP contribution in [0.2, 0.25) is 0 Å². The van der Waals surface area contributed by atoms with Crippen molar-refractivity contribution in [3.63, 3.8) is 0 Å². The lowest BCUT2D eigenvalue weighted by atomic mass is 10.1. The Morgan fingerprint density at radius 1 is 1.16 bits per heavy atom. The molecule has 0 unspecified atom stereocenters. The minimum absolute atomic E-state index is 0.500. The van der Waals surface area contributed by atoms with Crippen molar-refractivity contribution in [1.29, 1.82) is 0 Å². The predicted octanol–water partition coefficient (Wildman–Crippen LogP) is 4.99. The van der Waals surface area contributed by atoms with Crippen LogP contribution in [0.5, 0.6) is 11.5 Å². The van der Waals surface area contributed by atoms with Crippen LogP contribution in [0, 0.1) is 6.92 Å². The van der Waals surface area contributed by atoms with Crippen molar-refractivity contribution < 1.29 is 9.84 Å². The molecular weight excluding hydrogens is 304 g/mol. The van der Waals surface area contributed by atoms with Crippen LogP contribution < -0.4 is 4.74 Å². The zero-order chi connectivity index (χ0) is 13.8. The van der Waals surface area contributed by atoms with Crippen molar-refractivity contribution in [2.24, 2.45) is 0 Å². The highest BCUT2D eigenvalue weighted by Gasteiger charge is 2.12. The minimum atomic E-state index is -0.500. The van der Waals surface area contributed by atoms with Crippen molar-refractivity contribution in [3.05, 3.63) is 58.1 Å². The van der Waals surface area contributed by atoms with Gasteiger partial charge in [-0.1, -0.05) is 31.2 Å². The average Bonchev–Trinajstić information content (AvgIpc) is 2.41. The Morgan fingerprint density at radius 3 is 2.58 bits per heavy atom. The minimum Gasteiger partial charge on any atom is -0.456 e. The maximum absolute atomic E-state index is 10.0. The van der Waals surface area contributed by atoms with Gasteiger partial charge in [0, 0.05) is 5.56 Å². The van der Waals surface area contributed by atoms with E-state index in [9.17, 15) is 5.11 Å². The van der Waals surface area contributed by atoms with Crippen molar-refractivity contribution in [2.75, 3.05) is 0 Å². The second-order valence-corrected chi connectivity index (χ2v) is 5.35. The largest absolute Gasteiger partial charge is 0.456 e. The molecule has 2 aromatic carbocycles. The number of rotatable bonds is 4. The summed E-state index contributed by atoms with van der Waals surface area (Å²) in [6.45, 7) is 3.98. The lowest BCUT2D eigenvalue weighted by Gasteiger charge is -2.15. The Morgan fingerprint density at radius 2 is 1.89 bits per heavy atom. The van der Waals surface area contributed by atoms with Crippen molar-refractivity contribution >= 4 is 15.9 Å². The highest BCUT2D eigenvalue weighted by atomic mass is 79.9. The standard InChI is InChI=1S/C16H17BrO2/c1-3-14(18)12-6-4-5-7-15(12)19-16-9-8-11(2)10-13(16)17/h4-10,14,18H,3H2,1-2H3/t14-/m1/s1. The molecule has 1 N–H and O–H groups in total. The van der Waals surface area contributed by atoms with E-state index in [-0.39, 0.29) is 0 Å². The molecule has 100 valence electrons. The first-order chi connectivity index (χ1) is 9.11. The second-order valence-electron chi connectivity index (χ2n) is 4.50. The summed E-state index contributed by atoms with van der Waals surface area (Å²) in [6, 6.07) is 13.5. The van der Waals surface area contributed by atoms with Gasteiger partial charge >= 0.3 is 0 Å². The molecule has 0 aliphatic carbocycles. The van der Waals surface area contributed by atoms with Gasteiger partial charge in [0.05, 0.1) is 10.6 Å². The number of hydrogen-bond acceptors (Lipinski definition) is 2. The van der Waals surface area contributed by atoms with Gasteiger partial charge < -0.3 is 9.84 Å². The van der Waals surface area contributed by atoms with Gasteiger partial charge in [-0.3, -0.25) is 0 Å². The lowest BCUT2D eigenvalue weighted by molar-refractivity contribution is 0.170. The summed E-state index contributed by atoms with van der Waals surface area (Å²) in [6.07, 6.45) is 0.163. The summed E-state index contributed by atoms with van der Waals surface area (Å²) in [4.78, 5) is 0. The van der Waals surface area contributed by atoms with E-state index in [4.69, 9.17) is 4.74 Å². The summed E-state index contributed by atoms with van der Waals surface area (Å²) >= 11 is 3.50. The molecule has 0 heterocycles. The summed E-state index contributed by atoms with van der Waals surface area (Å²) in [5.74, 6) is 1.45. The summed E-state index contributed by atoms with van der Waals surface area (Å²) in [5, 5.41) is 10.0. The fraction of sp³-hybridized carbons (Fsp3) is 0.250. The molecule has 0 aliphatic rings. The zero-order valence-electron chi connectivity index (χ0n) is 11.1. The molecule has 3 heteroatoms. The van der Waals surface area contributed by atoms with E-state index in [1.165, 1.54) is 5.56 Å². The molecule has 0 radical (unpaired) electrons. The quantitative estimate of drug-likeness (QED) is 0.859. The first-order valence-corrected chi connectivity index (χ1v) is 7.12. The van der Waals surface area contributed by atoms with Crippen LogP contribution >= 0.6 is 15.9 Å². The van der Waals surface area contributed by atoms with Gasteiger partial charge in [0.1, 0.15) is 11.5 Å². The molecule has 2 nitrogen and oxygen atoms in total. The van der Waals surface area contributed by atoms with E-state index < -0.39 is 6.10 Å². The van der Waals surface area contributed by atoms with Gasteiger partial charge in [0.2, 0.25) is 0 Å². The topological polar surface area (TPSA) is 29.5 Å². The van der Waals surface area contributed by atoms with E-state index in [1.807, 2.05) is 56.3 Å². The normalized spacial score (nSPS) is 12.2. The third kappa shape index (κ3) is 3.37. The van der Waals surface area contributed by atoms with Crippen LogP contribution in [0.15, 0.2) is 46.9 Å². The van der Waals surface area contributed by atoms with E-state index in [1.54, 1.807) is 0 Å². The Balaban J connectivity index is 2.33. The summed E-state index contributed by atoms with van der Waals surface area (Å²) in [7, 11) is 0. The molecular formula is C16H17BrO2. The zero-order valence-corrected chi connectivity index (χ0v) is 12.6. The molecule has 0 aliphatic heterocycles. The van der Waals surface area contributed by atoms with Gasteiger partial charge in [-0.05, 0) is 53.0 Å². The SMILES string of the molecule is CC[C@@H](O)c1ccccc1Oc1ccc(C)cc1Br. The maximum Gasteiger partial charge on any atom is 0.141 e. The maximum atomic E-state index is 10.0. The third-order valence-electron chi connectivity index (χ3n) is 2.97. The van der Waals surface area contributed by atoms with Crippen LogP contribution in [-0.2, 0) is 0 Å². The van der Waals surface area contributed by atoms with Crippen molar-refractivity contribution in [3.8, 4) is 11.5 Å². The Hall–Kier alpha value is -1.32. The molecule has 0 spiro atoms. The fourth-order valence-electron chi connectivity index (χ4n) is 1.88. The van der Waals surface area contributed by atoms with Crippen LogP contribution in [0.1, 0.15) is 30.6 Å². The molecule has 2 rings (SSSR count). The van der Waals surface area contributed by atoms with Crippen molar-refractivity contribution in [2.45, 2.75) is 26.4 Å². The monoisotopic (exact) mass is 320 g/mol. The average molecular weight is 321 g/mol. The highest BCUT2D eigenvalue weighted by Crippen LogP contribution is 2.34.